The second kappa shape index (κ2) is 4.31. The highest BCUT2D eigenvalue weighted by molar-refractivity contribution is 7.07. The lowest BCUT2D eigenvalue weighted by atomic mass is 10.1. The van der Waals surface area contributed by atoms with Crippen molar-refractivity contribution in [3.05, 3.63) is 35.0 Å². The van der Waals surface area contributed by atoms with Crippen LogP contribution in [0.2, 0.25) is 0 Å². The first kappa shape index (κ1) is 8.50. The number of rotatable bonds is 4. The van der Waals surface area contributed by atoms with Crippen molar-refractivity contribution < 1.29 is 5.11 Å². The Morgan fingerprint density at radius 1 is 1.73 bits per heavy atom. The van der Waals surface area contributed by atoms with Gasteiger partial charge in [0.2, 0.25) is 0 Å². The Hall–Kier alpha value is -0.600. The van der Waals surface area contributed by atoms with Crippen LogP contribution < -0.4 is 0 Å². The molecule has 1 aromatic rings. The summed E-state index contributed by atoms with van der Waals surface area (Å²) in [7, 11) is 0. The van der Waals surface area contributed by atoms with Crippen LogP contribution in [0.25, 0.3) is 0 Å². The maximum atomic E-state index is 9.14. The molecular weight excluding hydrogens is 156 g/mol. The van der Waals surface area contributed by atoms with Gasteiger partial charge in [-0.3, -0.25) is 0 Å². The van der Waals surface area contributed by atoms with Crippen LogP contribution in [0.15, 0.2) is 29.5 Å². The quantitative estimate of drug-likeness (QED) is 0.683. The van der Waals surface area contributed by atoms with E-state index in [1.807, 2.05) is 0 Å². The van der Waals surface area contributed by atoms with Gasteiger partial charge in [-0.2, -0.15) is 11.3 Å². The number of aliphatic hydroxyl groups excluding tert-OH is 1. The summed E-state index contributed by atoms with van der Waals surface area (Å²) in [5.41, 5.74) is 1.30. The summed E-state index contributed by atoms with van der Waals surface area (Å²) < 4.78 is 0. The molecule has 0 saturated carbocycles. The van der Waals surface area contributed by atoms with Crippen molar-refractivity contribution in [2.75, 3.05) is 0 Å². The van der Waals surface area contributed by atoms with E-state index in [2.05, 4.69) is 23.4 Å². The van der Waals surface area contributed by atoms with Crippen LogP contribution in [0.3, 0.4) is 0 Å². The molecule has 0 aromatic carbocycles. The van der Waals surface area contributed by atoms with Crippen molar-refractivity contribution in [1.82, 2.24) is 0 Å². The predicted molar refractivity (Wildman–Crippen MR) is 48.8 cm³/mol. The molecule has 0 spiro atoms. The zero-order valence-corrected chi connectivity index (χ0v) is 7.18. The molecule has 0 fully saturated rings. The summed E-state index contributed by atoms with van der Waals surface area (Å²) in [6, 6.07) is 2.08. The van der Waals surface area contributed by atoms with E-state index in [4.69, 9.17) is 5.11 Å². The Morgan fingerprint density at radius 2 is 2.55 bits per heavy atom. The van der Waals surface area contributed by atoms with E-state index in [0.717, 1.165) is 12.8 Å². The van der Waals surface area contributed by atoms with Gasteiger partial charge in [0.05, 0.1) is 6.10 Å². The van der Waals surface area contributed by atoms with Gasteiger partial charge in [-0.05, 0) is 35.2 Å². The molecule has 1 aromatic heterocycles. The standard InChI is InChI=1S/C9H12OS/c1-2-9(10)4-3-8-5-6-11-7-8/h2,5-7,9-10H,1,3-4H2. The number of aliphatic hydroxyl groups is 1. The fourth-order valence-electron chi connectivity index (χ4n) is 0.867. The molecule has 1 heterocycles. The minimum Gasteiger partial charge on any atom is -0.389 e. The van der Waals surface area contributed by atoms with E-state index >= 15 is 0 Å². The van der Waals surface area contributed by atoms with E-state index in [-0.39, 0.29) is 6.10 Å². The summed E-state index contributed by atoms with van der Waals surface area (Å²) in [5.74, 6) is 0. The van der Waals surface area contributed by atoms with Crippen LogP contribution in [-0.4, -0.2) is 11.2 Å². The first-order chi connectivity index (χ1) is 5.33. The SMILES string of the molecule is C=CC(O)CCc1ccsc1. The van der Waals surface area contributed by atoms with E-state index in [1.54, 1.807) is 17.4 Å². The van der Waals surface area contributed by atoms with Crippen LogP contribution >= 0.6 is 11.3 Å². The summed E-state index contributed by atoms with van der Waals surface area (Å²) >= 11 is 1.69. The molecule has 0 bridgehead atoms. The molecule has 0 amide bonds. The van der Waals surface area contributed by atoms with Gasteiger partial charge < -0.3 is 5.11 Å². The van der Waals surface area contributed by atoms with Crippen molar-refractivity contribution in [1.29, 1.82) is 0 Å². The fourth-order valence-corrected chi connectivity index (χ4v) is 1.57. The van der Waals surface area contributed by atoms with E-state index < -0.39 is 0 Å². The smallest absolute Gasteiger partial charge is 0.0721 e. The second-order valence-electron chi connectivity index (χ2n) is 2.47. The highest BCUT2D eigenvalue weighted by atomic mass is 32.1. The highest BCUT2D eigenvalue weighted by Crippen LogP contribution is 2.09. The lowest BCUT2D eigenvalue weighted by Crippen LogP contribution is -2.02. The van der Waals surface area contributed by atoms with Gasteiger partial charge in [-0.1, -0.05) is 6.08 Å². The molecule has 11 heavy (non-hydrogen) atoms. The topological polar surface area (TPSA) is 20.2 Å². The van der Waals surface area contributed by atoms with Gasteiger partial charge in [-0.25, -0.2) is 0 Å². The summed E-state index contributed by atoms with van der Waals surface area (Å²) in [6.45, 7) is 3.51. The van der Waals surface area contributed by atoms with Crippen molar-refractivity contribution in [3.63, 3.8) is 0 Å². The zero-order chi connectivity index (χ0) is 8.10. The molecule has 0 aliphatic heterocycles. The maximum absolute atomic E-state index is 9.14. The molecule has 1 rings (SSSR count). The Labute approximate surface area is 71.0 Å². The summed E-state index contributed by atoms with van der Waals surface area (Å²) in [5, 5.41) is 13.3. The molecule has 1 unspecified atom stereocenters. The number of aryl methyl sites for hydroxylation is 1. The van der Waals surface area contributed by atoms with Crippen molar-refractivity contribution >= 4 is 11.3 Å². The van der Waals surface area contributed by atoms with Gasteiger partial charge in [0.25, 0.3) is 0 Å². The van der Waals surface area contributed by atoms with Crippen LogP contribution in [-0.2, 0) is 6.42 Å². The maximum Gasteiger partial charge on any atom is 0.0721 e. The zero-order valence-electron chi connectivity index (χ0n) is 6.36. The van der Waals surface area contributed by atoms with E-state index in [1.165, 1.54) is 5.56 Å². The van der Waals surface area contributed by atoms with Crippen molar-refractivity contribution in [3.8, 4) is 0 Å². The largest absolute Gasteiger partial charge is 0.389 e. The van der Waals surface area contributed by atoms with Gasteiger partial charge in [0.1, 0.15) is 0 Å². The molecule has 0 aliphatic carbocycles. The van der Waals surface area contributed by atoms with E-state index in [9.17, 15) is 0 Å². The van der Waals surface area contributed by atoms with Gasteiger partial charge in [0, 0.05) is 0 Å². The van der Waals surface area contributed by atoms with Gasteiger partial charge in [0.15, 0.2) is 0 Å². The molecule has 60 valence electrons. The average Bonchev–Trinajstić information content (AvgIpc) is 2.52. The molecule has 1 atom stereocenters. The third kappa shape index (κ3) is 2.87. The lowest BCUT2D eigenvalue weighted by Gasteiger charge is -2.01. The third-order valence-corrected chi connectivity index (χ3v) is 2.31. The van der Waals surface area contributed by atoms with Gasteiger partial charge >= 0.3 is 0 Å². The minimum atomic E-state index is -0.352. The number of hydrogen-bond acceptors (Lipinski definition) is 2. The molecule has 2 heteroatoms. The van der Waals surface area contributed by atoms with Crippen LogP contribution in [0.5, 0.6) is 0 Å². The first-order valence-electron chi connectivity index (χ1n) is 3.64. The predicted octanol–water partition coefficient (Wildman–Crippen LogP) is 2.23. The Morgan fingerprint density at radius 3 is 3.09 bits per heavy atom. The van der Waals surface area contributed by atoms with Crippen LogP contribution in [0.1, 0.15) is 12.0 Å². The van der Waals surface area contributed by atoms with Crippen molar-refractivity contribution in [2.24, 2.45) is 0 Å². The molecule has 1 N–H and O–H groups in total. The van der Waals surface area contributed by atoms with Gasteiger partial charge in [-0.15, -0.1) is 6.58 Å². The van der Waals surface area contributed by atoms with Crippen molar-refractivity contribution in [2.45, 2.75) is 18.9 Å². The highest BCUT2D eigenvalue weighted by Gasteiger charge is 1.98. The summed E-state index contributed by atoms with van der Waals surface area (Å²) in [6.07, 6.45) is 2.94. The van der Waals surface area contributed by atoms with Crippen LogP contribution in [0, 0.1) is 0 Å². The molecule has 1 nitrogen and oxygen atoms in total. The number of thiophene rings is 1. The minimum absolute atomic E-state index is 0.352. The number of hydrogen-bond donors (Lipinski definition) is 1. The molecule has 0 aliphatic rings. The normalized spacial score (nSPS) is 12.8. The first-order valence-corrected chi connectivity index (χ1v) is 4.59. The second-order valence-corrected chi connectivity index (χ2v) is 3.25. The lowest BCUT2D eigenvalue weighted by molar-refractivity contribution is 0.213. The molecular formula is C9H12OS. The average molecular weight is 168 g/mol. The van der Waals surface area contributed by atoms with E-state index in [0.29, 0.717) is 0 Å². The molecule has 0 saturated heterocycles. The Kier molecular flexibility index (Phi) is 3.33. The third-order valence-electron chi connectivity index (χ3n) is 1.58. The Bertz CT molecular complexity index is 203. The van der Waals surface area contributed by atoms with Crippen LogP contribution in [0.4, 0.5) is 0 Å². The Balaban J connectivity index is 2.28. The monoisotopic (exact) mass is 168 g/mol. The molecule has 0 radical (unpaired) electrons. The summed E-state index contributed by atoms with van der Waals surface area (Å²) in [4.78, 5) is 0. The fraction of sp³-hybridized carbons (Fsp3) is 0.333.